The van der Waals surface area contributed by atoms with Crippen molar-refractivity contribution in [2.75, 3.05) is 6.61 Å². The van der Waals surface area contributed by atoms with E-state index in [0.717, 1.165) is 32.1 Å². The second kappa shape index (κ2) is 7.30. The first-order valence-electron chi connectivity index (χ1n) is 8.50. The molecule has 1 aliphatic carbocycles. The molecule has 1 saturated carbocycles. The molecule has 6 heteroatoms. The standard InChI is InChI=1S/C18H24FN3O2/c1-18(9-10-18)17(23)15(22-13-20-12-21-22)7-4-5-11-24-16-8-3-2-6-14(16)19/h2-3,6,8,12-13,15,17,23H,4-5,7,9-11H2,1H3. The average Bonchev–Trinajstić information content (AvgIpc) is 3.11. The fourth-order valence-corrected chi connectivity index (χ4v) is 2.98. The summed E-state index contributed by atoms with van der Waals surface area (Å²) < 4.78 is 20.7. The molecule has 0 spiro atoms. The fraction of sp³-hybridized carbons (Fsp3) is 0.556. The van der Waals surface area contributed by atoms with E-state index in [1.807, 2.05) is 0 Å². The molecule has 0 aliphatic heterocycles. The number of hydrogen-bond acceptors (Lipinski definition) is 4. The summed E-state index contributed by atoms with van der Waals surface area (Å²) in [4.78, 5) is 4.00. The van der Waals surface area contributed by atoms with Crippen LogP contribution in [0.15, 0.2) is 36.9 Å². The molecular formula is C18H24FN3O2. The summed E-state index contributed by atoms with van der Waals surface area (Å²) in [6.07, 6.45) is 7.29. The van der Waals surface area contributed by atoms with Gasteiger partial charge in [0, 0.05) is 0 Å². The molecule has 1 fully saturated rings. The van der Waals surface area contributed by atoms with Crippen molar-refractivity contribution < 1.29 is 14.2 Å². The highest BCUT2D eigenvalue weighted by Crippen LogP contribution is 2.51. The fourth-order valence-electron chi connectivity index (χ4n) is 2.98. The van der Waals surface area contributed by atoms with E-state index in [1.165, 1.54) is 12.4 Å². The van der Waals surface area contributed by atoms with Crippen LogP contribution in [0.5, 0.6) is 5.75 Å². The third-order valence-electron chi connectivity index (χ3n) is 4.88. The summed E-state index contributed by atoms with van der Waals surface area (Å²) in [6.45, 7) is 2.57. The summed E-state index contributed by atoms with van der Waals surface area (Å²) in [5.41, 5.74) is 0.000282. The van der Waals surface area contributed by atoms with Crippen molar-refractivity contribution in [3.05, 3.63) is 42.7 Å². The van der Waals surface area contributed by atoms with Gasteiger partial charge in [0.2, 0.25) is 0 Å². The number of halogens is 1. The highest BCUT2D eigenvalue weighted by Gasteiger charge is 2.47. The number of ether oxygens (including phenoxy) is 1. The van der Waals surface area contributed by atoms with E-state index >= 15 is 0 Å². The molecule has 1 aliphatic rings. The third kappa shape index (κ3) is 3.93. The van der Waals surface area contributed by atoms with E-state index in [-0.39, 0.29) is 23.0 Å². The predicted octanol–water partition coefficient (Wildman–Crippen LogP) is 3.37. The lowest BCUT2D eigenvalue weighted by atomic mass is 9.92. The van der Waals surface area contributed by atoms with Gasteiger partial charge in [-0.05, 0) is 49.7 Å². The van der Waals surface area contributed by atoms with Crippen molar-refractivity contribution in [1.82, 2.24) is 14.8 Å². The van der Waals surface area contributed by atoms with Crippen LogP contribution in [0.3, 0.4) is 0 Å². The van der Waals surface area contributed by atoms with Crippen LogP contribution in [0.1, 0.15) is 45.1 Å². The number of rotatable bonds is 9. The Bertz CT molecular complexity index is 643. The van der Waals surface area contributed by atoms with Crippen molar-refractivity contribution in [1.29, 1.82) is 0 Å². The predicted molar refractivity (Wildman–Crippen MR) is 88.2 cm³/mol. The quantitative estimate of drug-likeness (QED) is 0.715. The molecule has 2 unspecified atom stereocenters. The summed E-state index contributed by atoms with van der Waals surface area (Å²) >= 11 is 0. The van der Waals surface area contributed by atoms with Gasteiger partial charge in [-0.25, -0.2) is 14.1 Å². The van der Waals surface area contributed by atoms with E-state index in [9.17, 15) is 9.50 Å². The Morgan fingerprint density at radius 1 is 1.33 bits per heavy atom. The van der Waals surface area contributed by atoms with Crippen molar-refractivity contribution in [2.45, 2.75) is 51.2 Å². The number of aliphatic hydroxyl groups excluding tert-OH is 1. The van der Waals surface area contributed by atoms with Gasteiger partial charge in [-0.1, -0.05) is 19.1 Å². The highest BCUT2D eigenvalue weighted by atomic mass is 19.1. The van der Waals surface area contributed by atoms with Crippen LogP contribution in [0.25, 0.3) is 0 Å². The molecule has 3 rings (SSSR count). The minimum Gasteiger partial charge on any atom is -0.491 e. The van der Waals surface area contributed by atoms with E-state index in [1.54, 1.807) is 29.2 Å². The summed E-state index contributed by atoms with van der Waals surface area (Å²) in [6, 6.07) is 6.35. The third-order valence-corrected chi connectivity index (χ3v) is 4.88. The molecule has 1 N–H and O–H groups in total. The molecular weight excluding hydrogens is 309 g/mol. The van der Waals surface area contributed by atoms with E-state index in [4.69, 9.17) is 4.74 Å². The van der Waals surface area contributed by atoms with Gasteiger partial charge in [0.15, 0.2) is 11.6 Å². The molecule has 0 saturated heterocycles. The minimum absolute atomic E-state index is 0.000282. The summed E-state index contributed by atoms with van der Waals surface area (Å²) in [5.74, 6) is -0.0501. The zero-order valence-corrected chi connectivity index (χ0v) is 13.9. The SMILES string of the molecule is CC1(C(O)C(CCCCOc2ccccc2F)n2cncn2)CC1. The lowest BCUT2D eigenvalue weighted by Crippen LogP contribution is -2.31. The molecule has 2 aromatic rings. The van der Waals surface area contributed by atoms with Crippen LogP contribution < -0.4 is 4.74 Å². The monoisotopic (exact) mass is 333 g/mol. The molecule has 2 atom stereocenters. The second-order valence-corrected chi connectivity index (χ2v) is 6.82. The van der Waals surface area contributed by atoms with E-state index in [0.29, 0.717) is 6.61 Å². The molecule has 130 valence electrons. The second-order valence-electron chi connectivity index (χ2n) is 6.82. The first-order chi connectivity index (χ1) is 11.6. The number of nitrogens with zero attached hydrogens (tertiary/aromatic N) is 3. The van der Waals surface area contributed by atoms with Gasteiger partial charge in [0.05, 0.1) is 18.8 Å². The van der Waals surface area contributed by atoms with Gasteiger partial charge < -0.3 is 9.84 Å². The van der Waals surface area contributed by atoms with Gasteiger partial charge >= 0.3 is 0 Å². The van der Waals surface area contributed by atoms with Crippen molar-refractivity contribution in [3.8, 4) is 5.75 Å². The van der Waals surface area contributed by atoms with Crippen molar-refractivity contribution >= 4 is 0 Å². The Kier molecular flexibility index (Phi) is 5.14. The minimum atomic E-state index is -0.424. The zero-order valence-electron chi connectivity index (χ0n) is 13.9. The Balaban J connectivity index is 1.48. The van der Waals surface area contributed by atoms with E-state index in [2.05, 4.69) is 17.0 Å². The Hall–Kier alpha value is -1.95. The maximum absolute atomic E-state index is 13.5. The number of para-hydroxylation sites is 1. The highest BCUT2D eigenvalue weighted by molar-refractivity contribution is 5.23. The smallest absolute Gasteiger partial charge is 0.165 e. The van der Waals surface area contributed by atoms with E-state index < -0.39 is 6.10 Å². The van der Waals surface area contributed by atoms with Crippen LogP contribution in [0, 0.1) is 11.2 Å². The Labute approximate surface area is 141 Å². The topological polar surface area (TPSA) is 60.2 Å². The van der Waals surface area contributed by atoms with Crippen LogP contribution >= 0.6 is 0 Å². The Morgan fingerprint density at radius 3 is 2.79 bits per heavy atom. The van der Waals surface area contributed by atoms with Crippen molar-refractivity contribution in [3.63, 3.8) is 0 Å². The molecule has 0 bridgehead atoms. The van der Waals surface area contributed by atoms with Gasteiger partial charge in [-0.15, -0.1) is 0 Å². The molecule has 5 nitrogen and oxygen atoms in total. The van der Waals surface area contributed by atoms with Crippen molar-refractivity contribution in [2.24, 2.45) is 5.41 Å². The maximum Gasteiger partial charge on any atom is 0.165 e. The normalized spacial score (nSPS) is 18.1. The number of hydrogen-bond donors (Lipinski definition) is 1. The molecule has 0 radical (unpaired) electrons. The number of benzene rings is 1. The largest absolute Gasteiger partial charge is 0.491 e. The average molecular weight is 333 g/mol. The molecule has 1 aromatic heterocycles. The zero-order chi connectivity index (χ0) is 17.0. The first kappa shape index (κ1) is 16.9. The molecule has 1 heterocycles. The summed E-state index contributed by atoms with van der Waals surface area (Å²) in [7, 11) is 0. The lowest BCUT2D eigenvalue weighted by molar-refractivity contribution is 0.0396. The number of unbranched alkanes of at least 4 members (excludes halogenated alkanes) is 1. The first-order valence-corrected chi connectivity index (χ1v) is 8.50. The van der Waals surface area contributed by atoms with Gasteiger partial charge in [-0.3, -0.25) is 0 Å². The van der Waals surface area contributed by atoms with Crippen LogP contribution in [-0.2, 0) is 0 Å². The van der Waals surface area contributed by atoms with Gasteiger partial charge in [0.25, 0.3) is 0 Å². The maximum atomic E-state index is 13.5. The Morgan fingerprint density at radius 2 is 2.12 bits per heavy atom. The van der Waals surface area contributed by atoms with Gasteiger partial charge in [-0.2, -0.15) is 5.10 Å². The molecule has 0 amide bonds. The van der Waals surface area contributed by atoms with Crippen LogP contribution in [0.4, 0.5) is 4.39 Å². The lowest BCUT2D eigenvalue weighted by Gasteiger charge is -2.27. The van der Waals surface area contributed by atoms with Crippen LogP contribution in [0.2, 0.25) is 0 Å². The van der Waals surface area contributed by atoms with Crippen LogP contribution in [-0.4, -0.2) is 32.6 Å². The van der Waals surface area contributed by atoms with Gasteiger partial charge in [0.1, 0.15) is 12.7 Å². The number of aromatic nitrogens is 3. The summed E-state index contributed by atoms with van der Waals surface area (Å²) in [5, 5.41) is 14.9. The number of aliphatic hydroxyl groups is 1. The molecule has 24 heavy (non-hydrogen) atoms. The molecule has 1 aromatic carbocycles.